The minimum Gasteiger partial charge on any atom is -0.452 e. The fourth-order valence-electron chi connectivity index (χ4n) is 2.29. The van der Waals surface area contributed by atoms with Crippen molar-refractivity contribution in [2.24, 2.45) is 0 Å². The van der Waals surface area contributed by atoms with E-state index in [4.69, 9.17) is 27.9 Å². The second-order valence-corrected chi connectivity index (χ2v) is 9.24. The number of ether oxygens (including phenoxy) is 1. The number of carbonyl (C=O) groups is 2. The average molecular weight is 499 g/mol. The molecule has 0 aromatic heterocycles. The van der Waals surface area contributed by atoms with E-state index in [-0.39, 0.29) is 20.5 Å². The minimum atomic E-state index is -4.78. The number of benzene rings is 2. The van der Waals surface area contributed by atoms with E-state index >= 15 is 0 Å². The Kier molecular flexibility index (Phi) is 7.58. The molecule has 0 saturated carbocycles. The molecule has 2 aromatic carbocycles. The van der Waals surface area contributed by atoms with Gasteiger partial charge < -0.3 is 10.1 Å². The normalized spacial score (nSPS) is 12.0. The lowest BCUT2D eigenvalue weighted by Crippen LogP contribution is -2.24. The van der Waals surface area contributed by atoms with E-state index in [2.05, 4.69) is 0 Å². The van der Waals surface area contributed by atoms with E-state index < -0.39 is 45.9 Å². The highest BCUT2D eigenvalue weighted by atomic mass is 35.5. The maximum atomic E-state index is 13.1. The second kappa shape index (κ2) is 9.43. The summed E-state index contributed by atoms with van der Waals surface area (Å²) in [6, 6.07) is 6.06. The van der Waals surface area contributed by atoms with Crippen LogP contribution in [0.4, 0.5) is 18.9 Å². The van der Waals surface area contributed by atoms with Crippen molar-refractivity contribution in [3.8, 4) is 0 Å². The van der Waals surface area contributed by atoms with Crippen molar-refractivity contribution in [2.75, 3.05) is 26.0 Å². The molecule has 0 fully saturated rings. The van der Waals surface area contributed by atoms with Crippen LogP contribution < -0.4 is 5.32 Å². The van der Waals surface area contributed by atoms with E-state index in [0.717, 1.165) is 28.6 Å². The van der Waals surface area contributed by atoms with E-state index in [1.165, 1.54) is 20.2 Å². The first kappa shape index (κ1) is 24.9. The van der Waals surface area contributed by atoms with Crippen LogP contribution in [0, 0.1) is 0 Å². The van der Waals surface area contributed by atoms with Gasteiger partial charge in [0.25, 0.3) is 5.91 Å². The average Bonchev–Trinajstić information content (AvgIpc) is 2.66. The number of anilines is 1. The van der Waals surface area contributed by atoms with Crippen LogP contribution in [-0.4, -0.2) is 45.3 Å². The monoisotopic (exact) mass is 498 g/mol. The molecule has 0 spiro atoms. The number of hydrogen-bond acceptors (Lipinski definition) is 5. The highest BCUT2D eigenvalue weighted by Gasteiger charge is 2.34. The first-order valence-electron chi connectivity index (χ1n) is 8.29. The topological polar surface area (TPSA) is 92.8 Å². The number of nitrogens with one attached hydrogen (secondary N) is 1. The van der Waals surface area contributed by atoms with Crippen molar-refractivity contribution >= 4 is 50.8 Å². The highest BCUT2D eigenvalue weighted by Crippen LogP contribution is 2.36. The Bertz CT molecular complexity index is 1120. The van der Waals surface area contributed by atoms with Crippen LogP contribution in [0.5, 0.6) is 0 Å². The molecule has 0 saturated heterocycles. The molecule has 0 aliphatic heterocycles. The van der Waals surface area contributed by atoms with Gasteiger partial charge in [-0.25, -0.2) is 17.5 Å². The van der Waals surface area contributed by atoms with Gasteiger partial charge >= 0.3 is 12.1 Å². The summed E-state index contributed by atoms with van der Waals surface area (Å²) in [7, 11) is -1.29. The van der Waals surface area contributed by atoms with E-state index in [1.54, 1.807) is 0 Å². The van der Waals surface area contributed by atoms with Gasteiger partial charge in [-0.1, -0.05) is 23.2 Å². The SMILES string of the molecule is CN(C)S(=O)(=O)c1ccc(Cl)c(C(=O)OCC(=O)Nc2ccc(Cl)cc2C(F)(F)F)c1. The fourth-order valence-corrected chi connectivity index (χ4v) is 3.58. The second-order valence-electron chi connectivity index (χ2n) is 6.24. The number of rotatable bonds is 6. The Morgan fingerprint density at radius 2 is 1.74 bits per heavy atom. The van der Waals surface area contributed by atoms with Gasteiger partial charge in [-0.2, -0.15) is 13.2 Å². The summed E-state index contributed by atoms with van der Waals surface area (Å²) in [5.41, 5.74) is -2.08. The van der Waals surface area contributed by atoms with Crippen LogP contribution in [0.3, 0.4) is 0 Å². The molecule has 1 N–H and O–H groups in total. The standard InChI is InChI=1S/C18H15Cl2F3N2O5S/c1-25(2)31(28,29)11-4-5-14(20)12(8-11)17(27)30-9-16(26)24-15-6-3-10(19)7-13(15)18(21,22)23/h3-8H,9H2,1-2H3,(H,24,26). The van der Waals surface area contributed by atoms with Crippen molar-refractivity contribution in [3.63, 3.8) is 0 Å². The molecule has 31 heavy (non-hydrogen) atoms. The Morgan fingerprint density at radius 1 is 1.10 bits per heavy atom. The molecule has 0 radical (unpaired) electrons. The molecule has 0 aliphatic rings. The van der Waals surface area contributed by atoms with Crippen LogP contribution in [-0.2, 0) is 25.7 Å². The summed E-state index contributed by atoms with van der Waals surface area (Å²) in [4.78, 5) is 24.0. The molecular formula is C18H15Cl2F3N2O5S. The van der Waals surface area contributed by atoms with Crippen molar-refractivity contribution in [1.82, 2.24) is 4.31 Å². The van der Waals surface area contributed by atoms with Gasteiger partial charge in [0, 0.05) is 19.1 Å². The maximum Gasteiger partial charge on any atom is 0.418 e. The third-order valence-corrected chi connectivity index (χ3v) is 6.21. The molecule has 13 heteroatoms. The molecule has 2 aromatic rings. The number of nitrogens with zero attached hydrogens (tertiary/aromatic N) is 1. The fraction of sp³-hybridized carbons (Fsp3) is 0.222. The smallest absolute Gasteiger partial charge is 0.418 e. The van der Waals surface area contributed by atoms with Crippen molar-refractivity contribution in [1.29, 1.82) is 0 Å². The van der Waals surface area contributed by atoms with E-state index in [9.17, 15) is 31.2 Å². The van der Waals surface area contributed by atoms with Gasteiger partial charge in [0.15, 0.2) is 6.61 Å². The summed E-state index contributed by atoms with van der Waals surface area (Å²) in [6.45, 7) is -0.945. The number of sulfonamides is 1. The van der Waals surface area contributed by atoms with Gasteiger partial charge in [-0.15, -0.1) is 0 Å². The quantitative estimate of drug-likeness (QED) is 0.606. The van der Waals surface area contributed by atoms with Crippen molar-refractivity contribution < 1.29 is 35.9 Å². The molecule has 168 valence electrons. The van der Waals surface area contributed by atoms with Crippen LogP contribution in [0.25, 0.3) is 0 Å². The Labute approximate surface area is 185 Å². The summed E-state index contributed by atoms with van der Waals surface area (Å²) in [6.07, 6.45) is -4.78. The molecule has 0 bridgehead atoms. The van der Waals surface area contributed by atoms with Gasteiger partial charge in [-0.3, -0.25) is 4.79 Å². The summed E-state index contributed by atoms with van der Waals surface area (Å²) < 4.78 is 69.3. The number of hydrogen-bond donors (Lipinski definition) is 1. The van der Waals surface area contributed by atoms with Gasteiger partial charge in [0.05, 0.1) is 26.7 Å². The molecule has 0 unspecified atom stereocenters. The van der Waals surface area contributed by atoms with Crippen LogP contribution in [0.1, 0.15) is 15.9 Å². The first-order valence-corrected chi connectivity index (χ1v) is 10.5. The Hall–Kier alpha value is -2.34. The molecule has 2 rings (SSSR count). The van der Waals surface area contributed by atoms with E-state index in [0.29, 0.717) is 6.07 Å². The molecule has 7 nitrogen and oxygen atoms in total. The number of carbonyl (C=O) groups excluding carboxylic acids is 2. The summed E-state index contributed by atoms with van der Waals surface area (Å²) in [5, 5.41) is 1.67. The lowest BCUT2D eigenvalue weighted by Gasteiger charge is -2.15. The minimum absolute atomic E-state index is 0.139. The van der Waals surface area contributed by atoms with Crippen molar-refractivity contribution in [3.05, 3.63) is 57.6 Å². The lowest BCUT2D eigenvalue weighted by atomic mass is 10.1. The van der Waals surface area contributed by atoms with Crippen LogP contribution in [0.2, 0.25) is 10.0 Å². The number of esters is 1. The number of alkyl halides is 3. The summed E-state index contributed by atoms with van der Waals surface area (Å²) >= 11 is 11.5. The van der Waals surface area contributed by atoms with Gasteiger partial charge in [0.2, 0.25) is 10.0 Å². The largest absolute Gasteiger partial charge is 0.452 e. The summed E-state index contributed by atoms with van der Waals surface area (Å²) in [5.74, 6) is -2.20. The first-order chi connectivity index (χ1) is 14.2. The zero-order valence-corrected chi connectivity index (χ0v) is 18.3. The number of amides is 1. The Balaban J connectivity index is 2.15. The zero-order chi connectivity index (χ0) is 23.6. The highest BCUT2D eigenvalue weighted by molar-refractivity contribution is 7.89. The molecule has 0 aliphatic carbocycles. The predicted molar refractivity (Wildman–Crippen MR) is 108 cm³/mol. The maximum absolute atomic E-state index is 13.1. The van der Waals surface area contributed by atoms with Gasteiger partial charge in [-0.05, 0) is 36.4 Å². The molecule has 0 heterocycles. The van der Waals surface area contributed by atoms with Gasteiger partial charge in [0.1, 0.15) is 0 Å². The Morgan fingerprint density at radius 3 is 2.32 bits per heavy atom. The predicted octanol–water partition coefficient (Wildman–Crippen LogP) is 4.06. The number of halogens is 5. The van der Waals surface area contributed by atoms with Crippen LogP contribution >= 0.6 is 23.2 Å². The van der Waals surface area contributed by atoms with Crippen molar-refractivity contribution in [2.45, 2.75) is 11.1 Å². The third-order valence-electron chi connectivity index (χ3n) is 3.83. The molecule has 1 amide bonds. The third kappa shape index (κ3) is 6.10. The lowest BCUT2D eigenvalue weighted by molar-refractivity contribution is -0.137. The zero-order valence-electron chi connectivity index (χ0n) is 16.0. The van der Waals surface area contributed by atoms with E-state index in [1.807, 2.05) is 5.32 Å². The molecular weight excluding hydrogens is 484 g/mol. The molecule has 0 atom stereocenters. The van der Waals surface area contributed by atoms with Crippen LogP contribution in [0.15, 0.2) is 41.3 Å².